The van der Waals surface area contributed by atoms with Gasteiger partial charge in [0.1, 0.15) is 17.8 Å². The van der Waals surface area contributed by atoms with Crippen LogP contribution in [-0.4, -0.2) is 38.4 Å². The van der Waals surface area contributed by atoms with Crippen molar-refractivity contribution < 1.29 is 22.7 Å². The van der Waals surface area contributed by atoms with Crippen LogP contribution in [0.25, 0.3) is 16.7 Å². The van der Waals surface area contributed by atoms with E-state index in [1.807, 2.05) is 30.3 Å². The molecule has 0 radical (unpaired) electrons. The third-order valence-corrected chi connectivity index (χ3v) is 5.12. The van der Waals surface area contributed by atoms with E-state index in [9.17, 15) is 22.8 Å². The molecule has 0 unspecified atom stereocenters. The average Bonchev–Trinajstić information content (AvgIpc) is 3.27. The maximum atomic E-state index is 12.4. The first-order chi connectivity index (χ1) is 16.8. The molecule has 2 N–H and O–H groups in total. The molecular weight excluding hydrogens is 463 g/mol. The van der Waals surface area contributed by atoms with Gasteiger partial charge in [-0.2, -0.15) is 18.3 Å². The Morgan fingerprint density at radius 2 is 1.77 bits per heavy atom. The summed E-state index contributed by atoms with van der Waals surface area (Å²) in [6, 6.07) is 16.0. The molecule has 35 heavy (non-hydrogen) atoms. The van der Waals surface area contributed by atoms with Crippen LogP contribution < -0.4 is 10.9 Å². The number of H-pyrrole nitrogens is 1. The van der Waals surface area contributed by atoms with Gasteiger partial charge in [0.2, 0.25) is 5.91 Å². The number of rotatable bonds is 9. The van der Waals surface area contributed by atoms with Gasteiger partial charge < -0.3 is 15.0 Å². The first-order valence-electron chi connectivity index (χ1n) is 10.8. The van der Waals surface area contributed by atoms with Crippen molar-refractivity contribution >= 4 is 16.9 Å². The van der Waals surface area contributed by atoms with Crippen LogP contribution in [0.3, 0.4) is 0 Å². The lowest BCUT2D eigenvalue weighted by Gasteiger charge is -2.09. The van der Waals surface area contributed by atoms with Crippen molar-refractivity contribution in [2.75, 3.05) is 6.61 Å². The molecule has 0 aliphatic rings. The number of hydrogen-bond donors (Lipinski definition) is 2. The molecule has 2 aromatic carbocycles. The van der Waals surface area contributed by atoms with Gasteiger partial charge in [-0.3, -0.25) is 9.59 Å². The lowest BCUT2D eigenvalue weighted by atomic mass is 10.1. The quantitative estimate of drug-likeness (QED) is 0.378. The minimum atomic E-state index is -4.36. The summed E-state index contributed by atoms with van der Waals surface area (Å²) in [5.41, 5.74) is 2.24. The monoisotopic (exact) mass is 485 g/mol. The highest BCUT2D eigenvalue weighted by Gasteiger charge is 2.27. The zero-order chi connectivity index (χ0) is 24.8. The molecule has 0 atom stereocenters. The van der Waals surface area contributed by atoms with Gasteiger partial charge in [-0.05, 0) is 23.3 Å². The topological polar surface area (TPSA) is 102 Å². The van der Waals surface area contributed by atoms with Crippen LogP contribution in [0, 0.1) is 0 Å². The van der Waals surface area contributed by atoms with E-state index in [0.29, 0.717) is 22.4 Å². The van der Waals surface area contributed by atoms with Gasteiger partial charge in [-0.25, -0.2) is 9.67 Å². The van der Waals surface area contributed by atoms with E-state index in [2.05, 4.69) is 25.1 Å². The fourth-order valence-electron chi connectivity index (χ4n) is 3.40. The summed E-state index contributed by atoms with van der Waals surface area (Å²) >= 11 is 0. The highest BCUT2D eigenvalue weighted by atomic mass is 19.4. The van der Waals surface area contributed by atoms with E-state index in [0.717, 1.165) is 11.3 Å². The molecule has 0 saturated heterocycles. The van der Waals surface area contributed by atoms with Crippen LogP contribution in [0.15, 0.2) is 65.6 Å². The van der Waals surface area contributed by atoms with E-state index in [1.54, 1.807) is 28.9 Å². The van der Waals surface area contributed by atoms with E-state index in [-0.39, 0.29) is 37.5 Å². The van der Waals surface area contributed by atoms with Crippen molar-refractivity contribution in [1.29, 1.82) is 0 Å². The van der Waals surface area contributed by atoms with Gasteiger partial charge in [0.15, 0.2) is 5.65 Å². The minimum absolute atomic E-state index is 0.108. The Balaban J connectivity index is 1.31. The third kappa shape index (κ3) is 6.54. The Hall–Kier alpha value is -3.99. The predicted octanol–water partition coefficient (Wildman–Crippen LogP) is 3.44. The van der Waals surface area contributed by atoms with Crippen molar-refractivity contribution in [3.8, 4) is 5.69 Å². The Morgan fingerprint density at radius 3 is 2.49 bits per heavy atom. The average molecular weight is 485 g/mol. The second-order valence-corrected chi connectivity index (χ2v) is 7.84. The normalized spacial score (nSPS) is 11.6. The maximum Gasteiger partial charge on any atom is 0.411 e. The van der Waals surface area contributed by atoms with E-state index in [1.165, 1.54) is 6.20 Å². The standard InChI is InChI=1S/C24H22F3N5O3/c25-24(26,27)15-35-14-17-8-6-16(7-9-17)12-28-21(33)11-10-20-30-22-19(23(34)31-20)13-29-32(22)18-4-2-1-3-5-18/h1-9,13H,10-12,14-15H2,(H,28,33)(H,30,31,34). The zero-order valence-electron chi connectivity index (χ0n) is 18.5. The number of nitrogens with zero attached hydrogens (tertiary/aromatic N) is 3. The molecule has 1 amide bonds. The number of fused-ring (bicyclic) bond motifs is 1. The molecule has 0 aliphatic heterocycles. The molecule has 182 valence electrons. The van der Waals surface area contributed by atoms with Gasteiger partial charge in [0.05, 0.1) is 18.5 Å². The van der Waals surface area contributed by atoms with Crippen LogP contribution >= 0.6 is 0 Å². The Bertz CT molecular complexity index is 1350. The second kappa shape index (κ2) is 10.5. The molecule has 11 heteroatoms. The van der Waals surface area contributed by atoms with E-state index >= 15 is 0 Å². The zero-order valence-corrected chi connectivity index (χ0v) is 18.5. The number of carbonyl (C=O) groups is 1. The molecule has 0 spiro atoms. The van der Waals surface area contributed by atoms with Crippen LogP contribution in [0.4, 0.5) is 13.2 Å². The smallest absolute Gasteiger partial charge is 0.367 e. The Kier molecular flexibility index (Phi) is 7.25. The summed E-state index contributed by atoms with van der Waals surface area (Å²) in [5, 5.41) is 7.39. The van der Waals surface area contributed by atoms with Gasteiger partial charge >= 0.3 is 6.18 Å². The van der Waals surface area contributed by atoms with Crippen molar-refractivity contribution in [2.24, 2.45) is 0 Å². The molecular formula is C24H22F3N5O3. The highest BCUT2D eigenvalue weighted by molar-refractivity contribution is 5.77. The lowest BCUT2D eigenvalue weighted by molar-refractivity contribution is -0.176. The van der Waals surface area contributed by atoms with Crippen molar-refractivity contribution in [3.63, 3.8) is 0 Å². The number of hydrogen-bond acceptors (Lipinski definition) is 5. The molecule has 0 fully saturated rings. The van der Waals surface area contributed by atoms with E-state index < -0.39 is 12.8 Å². The SMILES string of the molecule is O=C(CCc1nc2c(cnn2-c2ccccc2)c(=O)[nH]1)NCc1ccc(COCC(F)(F)F)cc1. The first-order valence-corrected chi connectivity index (χ1v) is 10.8. The van der Waals surface area contributed by atoms with Gasteiger partial charge in [0, 0.05) is 19.4 Å². The molecule has 2 heterocycles. The summed E-state index contributed by atoms with van der Waals surface area (Å²) < 4.78 is 42.6. The van der Waals surface area contributed by atoms with Crippen LogP contribution in [0.2, 0.25) is 0 Å². The lowest BCUT2D eigenvalue weighted by Crippen LogP contribution is -2.24. The molecule has 0 bridgehead atoms. The third-order valence-electron chi connectivity index (χ3n) is 5.12. The highest BCUT2D eigenvalue weighted by Crippen LogP contribution is 2.16. The fraction of sp³-hybridized carbons (Fsp3) is 0.250. The van der Waals surface area contributed by atoms with E-state index in [4.69, 9.17) is 0 Å². The summed E-state index contributed by atoms with van der Waals surface area (Å²) in [7, 11) is 0. The fourth-order valence-corrected chi connectivity index (χ4v) is 3.40. The largest absolute Gasteiger partial charge is 0.411 e. The number of aromatic nitrogens is 4. The predicted molar refractivity (Wildman–Crippen MR) is 122 cm³/mol. The Morgan fingerprint density at radius 1 is 1.06 bits per heavy atom. The van der Waals surface area contributed by atoms with Crippen LogP contribution in [0.1, 0.15) is 23.4 Å². The first kappa shape index (κ1) is 24.1. The van der Waals surface area contributed by atoms with Gasteiger partial charge in [-0.1, -0.05) is 42.5 Å². The number of para-hydroxylation sites is 1. The summed E-state index contributed by atoms with van der Waals surface area (Å²) in [6.45, 7) is -1.19. The number of aromatic amines is 1. The van der Waals surface area contributed by atoms with Gasteiger partial charge in [0.25, 0.3) is 5.56 Å². The molecule has 4 rings (SSSR count). The summed E-state index contributed by atoms with van der Waals surface area (Å²) in [5.74, 6) is 0.139. The molecule has 4 aromatic rings. The van der Waals surface area contributed by atoms with Crippen molar-refractivity contribution in [1.82, 2.24) is 25.1 Å². The Labute approximate surface area is 197 Å². The second-order valence-electron chi connectivity index (χ2n) is 7.84. The molecule has 0 aliphatic carbocycles. The number of ether oxygens (including phenoxy) is 1. The number of halogens is 3. The number of aryl methyl sites for hydroxylation is 1. The summed E-state index contributed by atoms with van der Waals surface area (Å²) in [6.07, 6.45) is -2.57. The number of carbonyl (C=O) groups excluding carboxylic acids is 1. The maximum absolute atomic E-state index is 12.4. The number of benzene rings is 2. The van der Waals surface area contributed by atoms with Crippen LogP contribution in [0.5, 0.6) is 0 Å². The number of amides is 1. The van der Waals surface area contributed by atoms with Crippen molar-refractivity contribution in [2.45, 2.75) is 32.2 Å². The summed E-state index contributed by atoms with van der Waals surface area (Å²) in [4.78, 5) is 31.9. The minimum Gasteiger partial charge on any atom is -0.367 e. The molecule has 0 saturated carbocycles. The number of nitrogens with one attached hydrogen (secondary N) is 2. The molecule has 8 nitrogen and oxygen atoms in total. The molecule has 2 aromatic heterocycles. The van der Waals surface area contributed by atoms with Gasteiger partial charge in [-0.15, -0.1) is 0 Å². The number of alkyl halides is 3. The van der Waals surface area contributed by atoms with Crippen LogP contribution in [-0.2, 0) is 29.1 Å². The van der Waals surface area contributed by atoms with Crippen molar-refractivity contribution in [3.05, 3.63) is 88.1 Å².